The lowest BCUT2D eigenvalue weighted by molar-refractivity contribution is -0.231. The molecule has 0 amide bonds. The molecule has 0 saturated carbocycles. The zero-order chi connectivity index (χ0) is 19.8. The van der Waals surface area contributed by atoms with Crippen LogP contribution in [0, 0.1) is 0 Å². The van der Waals surface area contributed by atoms with Crippen molar-refractivity contribution < 1.29 is 29.9 Å². The molecule has 2 aromatic carbocycles. The van der Waals surface area contributed by atoms with Crippen LogP contribution in [0.2, 0.25) is 5.02 Å². The summed E-state index contributed by atoms with van der Waals surface area (Å²) >= 11 is 6.37. The van der Waals surface area contributed by atoms with Crippen molar-refractivity contribution in [2.45, 2.75) is 43.0 Å². The lowest BCUT2D eigenvalue weighted by atomic mass is 9.90. The number of hydrogen-bond donors (Lipinski definition) is 4. The van der Waals surface area contributed by atoms with Gasteiger partial charge in [0.15, 0.2) is 0 Å². The number of ether oxygens (including phenoxy) is 2. The van der Waals surface area contributed by atoms with Crippen LogP contribution in [0.3, 0.4) is 0 Å². The molecule has 2 aliphatic heterocycles. The lowest BCUT2D eigenvalue weighted by Gasteiger charge is -2.40. The Bertz CT molecular complexity index is 820. The number of aliphatic hydroxyl groups excluding tert-OH is 4. The Morgan fingerprint density at radius 1 is 0.929 bits per heavy atom. The summed E-state index contributed by atoms with van der Waals surface area (Å²) in [4.78, 5) is 0. The Balaban J connectivity index is 1.56. The molecule has 4 N–H and O–H groups in total. The lowest BCUT2D eigenvalue weighted by Crippen LogP contribution is -2.55. The van der Waals surface area contributed by atoms with Crippen molar-refractivity contribution in [3.63, 3.8) is 0 Å². The first-order valence-electron chi connectivity index (χ1n) is 9.27. The van der Waals surface area contributed by atoms with Gasteiger partial charge >= 0.3 is 0 Å². The van der Waals surface area contributed by atoms with Crippen LogP contribution >= 0.6 is 11.6 Å². The summed E-state index contributed by atoms with van der Waals surface area (Å²) in [5, 5.41) is 40.3. The maximum atomic E-state index is 10.4. The Labute approximate surface area is 167 Å². The Hall–Kier alpha value is -1.51. The molecule has 2 heterocycles. The summed E-state index contributed by atoms with van der Waals surface area (Å²) in [5.41, 5.74) is 3.72. The molecular weight excluding hydrogens is 384 g/mol. The highest BCUT2D eigenvalue weighted by atomic mass is 35.5. The van der Waals surface area contributed by atoms with E-state index in [0.29, 0.717) is 17.0 Å². The first kappa shape index (κ1) is 19.8. The van der Waals surface area contributed by atoms with Gasteiger partial charge in [-0.2, -0.15) is 0 Å². The van der Waals surface area contributed by atoms with Gasteiger partial charge in [0.25, 0.3) is 0 Å². The highest BCUT2D eigenvalue weighted by Crippen LogP contribution is 2.35. The van der Waals surface area contributed by atoms with E-state index in [4.69, 9.17) is 21.1 Å². The van der Waals surface area contributed by atoms with Crippen molar-refractivity contribution in [2.24, 2.45) is 0 Å². The van der Waals surface area contributed by atoms with Crippen LogP contribution in [0.1, 0.15) is 34.5 Å². The molecule has 6 atom stereocenters. The van der Waals surface area contributed by atoms with E-state index in [2.05, 4.69) is 0 Å². The second kappa shape index (κ2) is 8.08. The molecule has 2 fully saturated rings. The van der Waals surface area contributed by atoms with Gasteiger partial charge in [-0.1, -0.05) is 48.0 Å². The normalized spacial score (nSPS) is 32.3. The van der Waals surface area contributed by atoms with Gasteiger partial charge in [-0.05, 0) is 34.7 Å². The molecule has 4 rings (SSSR count). The first-order chi connectivity index (χ1) is 13.5. The fourth-order valence-electron chi connectivity index (χ4n) is 3.59. The third-order valence-electron chi connectivity index (χ3n) is 5.37. The van der Waals surface area contributed by atoms with Crippen LogP contribution in [0.5, 0.6) is 0 Å². The van der Waals surface area contributed by atoms with Crippen molar-refractivity contribution in [3.8, 4) is 0 Å². The fourth-order valence-corrected chi connectivity index (χ4v) is 3.78. The molecule has 28 heavy (non-hydrogen) atoms. The average Bonchev–Trinajstić information content (AvgIpc) is 3.54. The van der Waals surface area contributed by atoms with Crippen LogP contribution in [0.15, 0.2) is 42.5 Å². The fraction of sp³-hybridized carbons (Fsp3) is 0.429. The summed E-state index contributed by atoms with van der Waals surface area (Å²) in [6.45, 7) is 0.311. The molecule has 2 saturated heterocycles. The van der Waals surface area contributed by atoms with Crippen LogP contribution < -0.4 is 0 Å². The molecule has 0 aromatic heterocycles. The Morgan fingerprint density at radius 3 is 2.25 bits per heavy atom. The quantitative estimate of drug-likeness (QED) is 0.561. The summed E-state index contributed by atoms with van der Waals surface area (Å²) in [6.07, 6.45) is -5.11. The van der Waals surface area contributed by atoms with Gasteiger partial charge < -0.3 is 29.9 Å². The largest absolute Gasteiger partial charge is 0.394 e. The van der Waals surface area contributed by atoms with Crippen LogP contribution in [-0.2, 0) is 15.9 Å². The van der Waals surface area contributed by atoms with Gasteiger partial charge in [-0.3, -0.25) is 0 Å². The SMILES string of the molecule is OC[C@H]1O[C@@H](c2ccc(Cl)c(Cc3ccc(C4CO4)cc3)c2)[C@H](O)[C@@H](O)[C@@H]1O. The summed E-state index contributed by atoms with van der Waals surface area (Å²) < 4.78 is 10.9. The minimum atomic E-state index is -1.41. The highest BCUT2D eigenvalue weighted by Gasteiger charge is 2.44. The summed E-state index contributed by atoms with van der Waals surface area (Å²) in [7, 11) is 0. The Kier molecular flexibility index (Phi) is 5.71. The Morgan fingerprint density at radius 2 is 1.61 bits per heavy atom. The van der Waals surface area contributed by atoms with Crippen molar-refractivity contribution >= 4 is 11.6 Å². The van der Waals surface area contributed by atoms with E-state index in [0.717, 1.165) is 23.3 Å². The van der Waals surface area contributed by atoms with Crippen molar-refractivity contribution in [1.29, 1.82) is 0 Å². The minimum Gasteiger partial charge on any atom is -0.394 e. The number of aliphatic hydroxyl groups is 4. The summed E-state index contributed by atoms with van der Waals surface area (Å²) in [6, 6.07) is 13.4. The maximum absolute atomic E-state index is 10.4. The molecule has 150 valence electrons. The third kappa shape index (κ3) is 3.95. The predicted molar refractivity (Wildman–Crippen MR) is 102 cm³/mol. The van der Waals surface area contributed by atoms with E-state index in [9.17, 15) is 20.4 Å². The second-order valence-electron chi connectivity index (χ2n) is 7.34. The smallest absolute Gasteiger partial charge is 0.113 e. The number of epoxide rings is 1. The van der Waals surface area contributed by atoms with Crippen molar-refractivity contribution in [3.05, 3.63) is 69.7 Å². The second-order valence-corrected chi connectivity index (χ2v) is 7.75. The van der Waals surface area contributed by atoms with Crippen LogP contribution in [0.25, 0.3) is 0 Å². The molecule has 6 nitrogen and oxygen atoms in total. The zero-order valence-corrected chi connectivity index (χ0v) is 15.9. The first-order valence-corrected chi connectivity index (χ1v) is 9.65. The van der Waals surface area contributed by atoms with E-state index in [1.54, 1.807) is 12.1 Å². The molecule has 0 aliphatic carbocycles. The van der Waals surface area contributed by atoms with Gasteiger partial charge in [0.1, 0.15) is 36.6 Å². The van der Waals surface area contributed by atoms with Crippen molar-refractivity contribution in [2.75, 3.05) is 13.2 Å². The van der Waals surface area contributed by atoms with E-state index in [1.165, 1.54) is 0 Å². The minimum absolute atomic E-state index is 0.215. The number of rotatable bonds is 5. The van der Waals surface area contributed by atoms with Crippen molar-refractivity contribution in [1.82, 2.24) is 0 Å². The molecule has 0 bridgehead atoms. The van der Waals surface area contributed by atoms with E-state index in [-0.39, 0.29) is 6.10 Å². The van der Waals surface area contributed by atoms with Gasteiger partial charge in [0, 0.05) is 5.02 Å². The van der Waals surface area contributed by atoms with E-state index in [1.807, 2.05) is 30.3 Å². The van der Waals surface area contributed by atoms with Gasteiger partial charge in [0.05, 0.1) is 13.2 Å². The zero-order valence-electron chi connectivity index (χ0n) is 15.1. The van der Waals surface area contributed by atoms with Gasteiger partial charge in [-0.15, -0.1) is 0 Å². The predicted octanol–water partition coefficient (Wildman–Crippen LogP) is 1.52. The number of halogens is 1. The monoisotopic (exact) mass is 406 g/mol. The average molecular weight is 407 g/mol. The number of hydrogen-bond acceptors (Lipinski definition) is 6. The van der Waals surface area contributed by atoms with E-state index >= 15 is 0 Å². The molecular formula is C21H23ClO6. The summed E-state index contributed by atoms with van der Waals surface area (Å²) in [5.74, 6) is 0. The molecule has 0 radical (unpaired) electrons. The topological polar surface area (TPSA) is 103 Å². The van der Waals surface area contributed by atoms with Crippen LogP contribution in [-0.4, -0.2) is 58.1 Å². The van der Waals surface area contributed by atoms with Crippen LogP contribution in [0.4, 0.5) is 0 Å². The highest BCUT2D eigenvalue weighted by molar-refractivity contribution is 6.31. The molecule has 0 spiro atoms. The molecule has 7 heteroatoms. The molecule has 2 aliphatic rings. The van der Waals surface area contributed by atoms with Gasteiger partial charge in [-0.25, -0.2) is 0 Å². The van der Waals surface area contributed by atoms with E-state index < -0.39 is 37.1 Å². The molecule has 1 unspecified atom stereocenters. The third-order valence-corrected chi connectivity index (χ3v) is 5.74. The standard InChI is InChI=1S/C21H23ClO6/c22-15-6-5-13(21-20(26)19(25)18(24)16(9-23)28-21)8-14(15)7-11-1-3-12(4-2-11)17-10-27-17/h1-6,8,16-21,23-26H,7,9-10H2/t16-,17?,18-,19+,20-,21+/m1/s1. The van der Waals surface area contributed by atoms with Gasteiger partial charge in [0.2, 0.25) is 0 Å². The molecule has 2 aromatic rings. The number of benzene rings is 2. The maximum Gasteiger partial charge on any atom is 0.113 e.